The second-order valence-electron chi connectivity index (χ2n) is 6.18. The highest BCUT2D eigenvalue weighted by Crippen LogP contribution is 2.25. The van der Waals surface area contributed by atoms with E-state index in [1.807, 2.05) is 50.2 Å². The fraction of sp³-hybridized carbons (Fsp3) is 0.368. The number of nitrogens with zero attached hydrogens (tertiary/aromatic N) is 2. The minimum absolute atomic E-state index is 0.159. The maximum Gasteiger partial charge on any atom is 0.323 e. The van der Waals surface area contributed by atoms with E-state index in [-0.39, 0.29) is 12.1 Å². The molecule has 1 unspecified atom stereocenters. The molecule has 1 N–H and O–H groups in total. The van der Waals surface area contributed by atoms with Crippen molar-refractivity contribution in [2.75, 3.05) is 32.1 Å². The summed E-state index contributed by atoms with van der Waals surface area (Å²) in [7, 11) is 1.64. The van der Waals surface area contributed by atoms with Gasteiger partial charge in [0.1, 0.15) is 17.7 Å². The Hall–Kier alpha value is -2.60. The standard InChI is InChI=1S/C19H23N3O3/c1-13-9-14(2)20-18(10-13)21-19(23)22-7-8-25-17(12-22)15-5-4-6-16(11-15)24-3/h4-6,9-11,17H,7-8,12H2,1-3H3,(H,20,21,23). The Bertz CT molecular complexity index is 743. The number of aryl methyl sites for hydroxylation is 2. The molecule has 1 aliphatic heterocycles. The number of aromatic nitrogens is 1. The fourth-order valence-electron chi connectivity index (χ4n) is 2.97. The van der Waals surface area contributed by atoms with E-state index in [0.29, 0.717) is 25.5 Å². The van der Waals surface area contributed by atoms with Crippen LogP contribution in [-0.2, 0) is 4.74 Å². The zero-order chi connectivity index (χ0) is 17.8. The highest BCUT2D eigenvalue weighted by Gasteiger charge is 2.26. The average molecular weight is 341 g/mol. The zero-order valence-electron chi connectivity index (χ0n) is 14.8. The topological polar surface area (TPSA) is 63.7 Å². The van der Waals surface area contributed by atoms with E-state index >= 15 is 0 Å². The van der Waals surface area contributed by atoms with E-state index in [1.54, 1.807) is 12.0 Å². The minimum Gasteiger partial charge on any atom is -0.497 e. The van der Waals surface area contributed by atoms with E-state index in [1.165, 1.54) is 0 Å². The van der Waals surface area contributed by atoms with Crippen molar-refractivity contribution in [3.05, 3.63) is 53.2 Å². The number of urea groups is 1. The van der Waals surface area contributed by atoms with Crippen molar-refractivity contribution in [1.29, 1.82) is 0 Å². The largest absolute Gasteiger partial charge is 0.497 e. The highest BCUT2D eigenvalue weighted by molar-refractivity contribution is 5.88. The number of pyridine rings is 1. The number of hydrogen-bond acceptors (Lipinski definition) is 4. The van der Waals surface area contributed by atoms with Crippen LogP contribution in [0.25, 0.3) is 0 Å². The molecule has 1 aromatic heterocycles. The molecule has 6 nitrogen and oxygen atoms in total. The Morgan fingerprint density at radius 2 is 2.16 bits per heavy atom. The first kappa shape index (κ1) is 17.2. The Morgan fingerprint density at radius 1 is 1.32 bits per heavy atom. The second-order valence-corrected chi connectivity index (χ2v) is 6.18. The Kier molecular flexibility index (Phi) is 5.19. The van der Waals surface area contributed by atoms with Gasteiger partial charge >= 0.3 is 6.03 Å². The molecule has 6 heteroatoms. The third-order valence-electron chi connectivity index (χ3n) is 4.15. The van der Waals surface area contributed by atoms with Crippen LogP contribution in [0.15, 0.2) is 36.4 Å². The molecule has 1 fully saturated rings. The van der Waals surface area contributed by atoms with Crippen LogP contribution in [0.5, 0.6) is 5.75 Å². The van der Waals surface area contributed by atoms with Gasteiger partial charge in [0.25, 0.3) is 0 Å². The van der Waals surface area contributed by atoms with Crippen LogP contribution in [0.1, 0.15) is 22.9 Å². The van der Waals surface area contributed by atoms with Crippen LogP contribution < -0.4 is 10.1 Å². The molecule has 2 heterocycles. The summed E-state index contributed by atoms with van der Waals surface area (Å²) in [5, 5.41) is 2.88. The lowest BCUT2D eigenvalue weighted by Gasteiger charge is -2.33. The number of carbonyl (C=O) groups excluding carboxylic acids is 1. The molecule has 1 aliphatic rings. The molecular formula is C19H23N3O3. The predicted molar refractivity (Wildman–Crippen MR) is 96.0 cm³/mol. The number of rotatable bonds is 3. The van der Waals surface area contributed by atoms with Gasteiger partial charge in [0.2, 0.25) is 0 Å². The molecule has 3 rings (SSSR count). The molecule has 1 saturated heterocycles. The molecule has 2 aromatic rings. The summed E-state index contributed by atoms with van der Waals surface area (Å²) in [5.74, 6) is 1.36. The summed E-state index contributed by atoms with van der Waals surface area (Å²) in [6, 6.07) is 11.4. The predicted octanol–water partition coefficient (Wildman–Crippen LogP) is 3.31. The van der Waals surface area contributed by atoms with Crippen molar-refractivity contribution < 1.29 is 14.3 Å². The molecule has 0 spiro atoms. The third kappa shape index (κ3) is 4.28. The SMILES string of the molecule is COc1cccc(C2CN(C(=O)Nc3cc(C)cc(C)n3)CCO2)c1. The molecule has 0 saturated carbocycles. The Labute approximate surface area is 147 Å². The van der Waals surface area contributed by atoms with Gasteiger partial charge in [-0.15, -0.1) is 0 Å². The van der Waals surface area contributed by atoms with Crippen LogP contribution in [0.2, 0.25) is 0 Å². The van der Waals surface area contributed by atoms with Gasteiger partial charge in [-0.25, -0.2) is 9.78 Å². The number of nitrogens with one attached hydrogen (secondary N) is 1. The monoisotopic (exact) mass is 341 g/mol. The van der Waals surface area contributed by atoms with E-state index < -0.39 is 0 Å². The molecule has 1 atom stereocenters. The summed E-state index contributed by atoms with van der Waals surface area (Å²) in [6.07, 6.45) is -0.165. The van der Waals surface area contributed by atoms with E-state index in [4.69, 9.17) is 9.47 Å². The van der Waals surface area contributed by atoms with Gasteiger partial charge in [-0.2, -0.15) is 0 Å². The number of carbonyl (C=O) groups is 1. The van der Waals surface area contributed by atoms with Crippen LogP contribution >= 0.6 is 0 Å². The lowest BCUT2D eigenvalue weighted by atomic mass is 10.1. The molecule has 132 valence electrons. The Morgan fingerprint density at radius 3 is 2.92 bits per heavy atom. The van der Waals surface area contributed by atoms with Crippen LogP contribution in [0.4, 0.5) is 10.6 Å². The zero-order valence-corrected chi connectivity index (χ0v) is 14.8. The number of amides is 2. The molecule has 0 aliphatic carbocycles. The summed E-state index contributed by atoms with van der Waals surface area (Å²) in [5.41, 5.74) is 2.95. The van der Waals surface area contributed by atoms with Gasteiger partial charge in [0.05, 0.1) is 20.3 Å². The van der Waals surface area contributed by atoms with Crippen molar-refractivity contribution in [2.24, 2.45) is 0 Å². The fourth-order valence-corrected chi connectivity index (χ4v) is 2.97. The first-order valence-corrected chi connectivity index (χ1v) is 8.32. The lowest BCUT2D eigenvalue weighted by Crippen LogP contribution is -2.44. The van der Waals surface area contributed by atoms with E-state index in [2.05, 4.69) is 10.3 Å². The van der Waals surface area contributed by atoms with Gasteiger partial charge in [-0.05, 0) is 49.2 Å². The third-order valence-corrected chi connectivity index (χ3v) is 4.15. The maximum absolute atomic E-state index is 12.6. The van der Waals surface area contributed by atoms with Crippen LogP contribution in [-0.4, -0.2) is 42.7 Å². The number of anilines is 1. The molecule has 0 radical (unpaired) electrons. The summed E-state index contributed by atoms with van der Waals surface area (Å²) < 4.78 is 11.1. The highest BCUT2D eigenvalue weighted by atomic mass is 16.5. The first-order valence-electron chi connectivity index (χ1n) is 8.32. The first-order chi connectivity index (χ1) is 12.0. The molecule has 0 bridgehead atoms. The van der Waals surface area contributed by atoms with Gasteiger partial charge in [-0.3, -0.25) is 5.32 Å². The van der Waals surface area contributed by atoms with Crippen LogP contribution in [0, 0.1) is 13.8 Å². The van der Waals surface area contributed by atoms with Crippen molar-refractivity contribution in [2.45, 2.75) is 20.0 Å². The van der Waals surface area contributed by atoms with Gasteiger partial charge in [0.15, 0.2) is 0 Å². The lowest BCUT2D eigenvalue weighted by molar-refractivity contribution is -0.0135. The minimum atomic E-state index is -0.165. The van der Waals surface area contributed by atoms with Gasteiger partial charge < -0.3 is 14.4 Å². The van der Waals surface area contributed by atoms with Crippen molar-refractivity contribution in [3.63, 3.8) is 0 Å². The number of ether oxygens (including phenoxy) is 2. The number of hydrogen-bond donors (Lipinski definition) is 1. The maximum atomic E-state index is 12.6. The summed E-state index contributed by atoms with van der Waals surface area (Å²) in [4.78, 5) is 18.7. The Balaban J connectivity index is 1.68. The summed E-state index contributed by atoms with van der Waals surface area (Å²) in [6.45, 7) is 5.44. The summed E-state index contributed by atoms with van der Waals surface area (Å²) >= 11 is 0. The number of morpholine rings is 1. The molecule has 25 heavy (non-hydrogen) atoms. The number of methoxy groups -OCH3 is 1. The quantitative estimate of drug-likeness (QED) is 0.930. The van der Waals surface area contributed by atoms with E-state index in [9.17, 15) is 4.79 Å². The van der Waals surface area contributed by atoms with E-state index in [0.717, 1.165) is 22.6 Å². The molecule has 1 aromatic carbocycles. The van der Waals surface area contributed by atoms with Crippen molar-refractivity contribution in [1.82, 2.24) is 9.88 Å². The normalized spacial score (nSPS) is 17.2. The van der Waals surface area contributed by atoms with Crippen molar-refractivity contribution >= 4 is 11.8 Å². The van der Waals surface area contributed by atoms with Crippen LogP contribution in [0.3, 0.4) is 0 Å². The number of benzene rings is 1. The van der Waals surface area contributed by atoms with Gasteiger partial charge in [-0.1, -0.05) is 12.1 Å². The van der Waals surface area contributed by atoms with Crippen molar-refractivity contribution in [3.8, 4) is 5.75 Å². The average Bonchev–Trinajstić information content (AvgIpc) is 2.61. The smallest absolute Gasteiger partial charge is 0.323 e. The molecule has 2 amide bonds. The second kappa shape index (κ2) is 7.53. The van der Waals surface area contributed by atoms with Gasteiger partial charge in [0, 0.05) is 12.2 Å². The molecular weight excluding hydrogens is 318 g/mol.